The molecule has 0 saturated heterocycles. The van der Waals surface area contributed by atoms with Crippen molar-refractivity contribution >= 4 is 0 Å². The zero-order valence-corrected chi connectivity index (χ0v) is 35.3. The quantitative estimate of drug-likeness (QED) is 0.153. The number of hydrogen-bond donors (Lipinski definition) is 2. The van der Waals surface area contributed by atoms with Crippen LogP contribution in [0.25, 0.3) is 0 Å². The molecule has 4 aromatic rings. The summed E-state index contributed by atoms with van der Waals surface area (Å²) in [6, 6.07) is 16.0. The van der Waals surface area contributed by atoms with Crippen LogP contribution in [0.3, 0.4) is 0 Å². The summed E-state index contributed by atoms with van der Waals surface area (Å²) in [7, 11) is 0. The summed E-state index contributed by atoms with van der Waals surface area (Å²) in [5.41, 5.74) is 8.44. The molecule has 4 aromatic carbocycles. The molecule has 52 heavy (non-hydrogen) atoms. The van der Waals surface area contributed by atoms with Gasteiger partial charge in [-0.2, -0.15) is 0 Å². The summed E-state index contributed by atoms with van der Waals surface area (Å²) in [6.07, 6.45) is 1.04. The second-order valence-corrected chi connectivity index (χ2v) is 18.2. The number of hydrogen-bond acceptors (Lipinski definition) is 4. The van der Waals surface area contributed by atoms with E-state index < -0.39 is 0 Å². The molecule has 5 rings (SSSR count). The maximum atomic E-state index is 14.3. The Labute approximate surface area is 351 Å². The van der Waals surface area contributed by atoms with Crippen LogP contribution in [0, 0.1) is 0 Å². The van der Waals surface area contributed by atoms with E-state index in [0.717, 1.165) is 22.3 Å². The second kappa shape index (κ2) is 16.5. The van der Waals surface area contributed by atoms with Gasteiger partial charge >= 0.3 is 0 Å². The third kappa shape index (κ3) is 9.97. The van der Waals surface area contributed by atoms with E-state index >= 15 is 0 Å². The van der Waals surface area contributed by atoms with Gasteiger partial charge in [0.05, 0.1) is 0 Å². The summed E-state index contributed by atoms with van der Waals surface area (Å²) >= 11 is 0. The van der Waals surface area contributed by atoms with Crippen LogP contribution in [0.1, 0.15) is 170 Å². The van der Waals surface area contributed by atoms with E-state index in [1.165, 1.54) is 0 Å². The molecule has 4 nitrogen and oxygen atoms in total. The molecule has 6 heteroatoms. The fourth-order valence-corrected chi connectivity index (χ4v) is 6.65. The molecule has 0 spiro atoms. The molecule has 0 aliphatic heterocycles. The van der Waals surface area contributed by atoms with Crippen molar-refractivity contribution in [3.63, 3.8) is 0 Å². The van der Waals surface area contributed by atoms with E-state index in [-0.39, 0.29) is 128 Å². The van der Waals surface area contributed by atoms with Crippen LogP contribution >= 0.6 is 0 Å². The van der Waals surface area contributed by atoms with Gasteiger partial charge in [0, 0.05) is 68.4 Å². The second-order valence-electron chi connectivity index (χ2n) is 18.2. The summed E-state index contributed by atoms with van der Waals surface area (Å²) in [4.78, 5) is 0. The van der Waals surface area contributed by atoms with Crippen LogP contribution < -0.4 is 10.2 Å². The van der Waals surface area contributed by atoms with Gasteiger partial charge in [0.2, 0.25) is 0 Å². The number of fused-ring (bicyclic) bond motifs is 8. The molecule has 0 fully saturated rings. The zero-order valence-electron chi connectivity index (χ0n) is 32.2. The van der Waals surface area contributed by atoms with Gasteiger partial charge in [0.15, 0.2) is 0 Å². The molecule has 1 aliphatic carbocycles. The molecule has 0 unspecified atom stereocenters. The number of phenols is 2. The third-order valence-electron chi connectivity index (χ3n) is 10.0. The van der Waals surface area contributed by atoms with E-state index in [4.69, 9.17) is 0 Å². The van der Waals surface area contributed by atoms with Crippen molar-refractivity contribution in [3.8, 4) is 23.0 Å². The molecule has 0 heterocycles. The molecule has 2 N–H and O–H groups in total. The third-order valence-corrected chi connectivity index (χ3v) is 10.0. The van der Waals surface area contributed by atoms with Crippen molar-refractivity contribution in [2.45, 2.75) is 145 Å². The van der Waals surface area contributed by atoms with E-state index in [9.17, 15) is 20.4 Å². The Morgan fingerprint density at radius 2 is 0.538 bits per heavy atom. The summed E-state index contributed by atoms with van der Waals surface area (Å²) in [5.74, 6) is 0.136. The molecular weight excluding hydrogens is 712 g/mol. The standard InChI is InChI=1S/C44H56O4.2CH4.2Ti.4H2/c1-41(2,3)33-17-25-13-27-19-34(42(4,5)6)21-29(38(27)46)15-31-23-36(44(10,11)12)24-32(40(31)48)16-30-22-35(43(7,8)9)20-28(39(30)47)14-26(18-33)37(25)45;;;;;;;;/h17-24,45-48H,13-16H2,1-12H3;2*1H4;;;4*1H/p-2. The fourth-order valence-electron chi connectivity index (χ4n) is 6.65. The van der Waals surface area contributed by atoms with E-state index in [1.807, 2.05) is 48.5 Å². The Morgan fingerprint density at radius 3 is 0.731 bits per heavy atom. The smallest absolute Gasteiger partial charge is 0.122 e. The molecule has 0 radical (unpaired) electrons. The first-order valence-corrected chi connectivity index (χ1v) is 17.3. The van der Waals surface area contributed by atoms with Gasteiger partial charge in [-0.15, -0.1) is 11.5 Å². The van der Waals surface area contributed by atoms with Crippen molar-refractivity contribution < 1.29 is 69.6 Å². The first-order chi connectivity index (χ1) is 21.9. The van der Waals surface area contributed by atoms with Gasteiger partial charge in [-0.05, 0) is 72.6 Å². The normalized spacial score (nSPS) is 13.2. The van der Waals surface area contributed by atoms with Crippen molar-refractivity contribution in [1.82, 2.24) is 0 Å². The number of rotatable bonds is 0. The van der Waals surface area contributed by atoms with Crippen LogP contribution in [0.2, 0.25) is 0 Å². The van der Waals surface area contributed by atoms with Gasteiger partial charge in [0.1, 0.15) is 11.5 Å². The molecular formula is C46H70O4Ti2-2. The molecule has 0 amide bonds. The van der Waals surface area contributed by atoms with Gasteiger partial charge in [-0.1, -0.05) is 169 Å². The average molecular weight is 783 g/mol. The maximum Gasteiger partial charge on any atom is 0.122 e. The Kier molecular flexibility index (Phi) is 15.1. The SMILES string of the molecule is C.C.CC(C)(C)c1cc2c([O-])c(c1)Cc1cc(C(C)(C)C)cc(c1O)Cc1cc(C(C)(C)C)cc(c1O)Cc1cc(C(C)(C)C)cc(c1[O-])C2.[HH].[HH].[HH].[HH].[Ti].[Ti]. The number of benzene rings is 4. The van der Waals surface area contributed by atoms with Crippen LogP contribution in [0.5, 0.6) is 23.0 Å². The largest absolute Gasteiger partial charge is 0.872 e. The molecule has 1 aliphatic rings. The fraction of sp³-hybridized carbons (Fsp3) is 0.478. The minimum Gasteiger partial charge on any atom is -0.872 e. The Morgan fingerprint density at radius 1 is 0.385 bits per heavy atom. The predicted octanol–water partition coefficient (Wildman–Crippen LogP) is 11.4. The maximum absolute atomic E-state index is 14.3. The first-order valence-electron chi connectivity index (χ1n) is 17.3. The van der Waals surface area contributed by atoms with E-state index in [1.54, 1.807) is 0 Å². The molecule has 8 bridgehead atoms. The number of aromatic hydroxyl groups is 2. The summed E-state index contributed by atoms with van der Waals surface area (Å²) < 4.78 is 0. The van der Waals surface area contributed by atoms with Crippen molar-refractivity contribution in [1.29, 1.82) is 0 Å². The zero-order chi connectivity index (χ0) is 35.7. The average Bonchev–Trinajstić information content (AvgIpc) is 2.93. The minimum atomic E-state index is -0.234. The number of phenolic OH excluding ortho intramolecular Hbond substituents is 2. The Hall–Kier alpha value is -2.49. The summed E-state index contributed by atoms with van der Waals surface area (Å²) in [6.45, 7) is 25.7. The van der Waals surface area contributed by atoms with Gasteiger partial charge < -0.3 is 20.4 Å². The van der Waals surface area contributed by atoms with E-state index in [2.05, 4.69) is 83.1 Å². The van der Waals surface area contributed by atoms with Gasteiger partial charge in [-0.25, -0.2) is 0 Å². The molecule has 0 atom stereocenters. The van der Waals surface area contributed by atoms with Crippen molar-refractivity contribution in [3.05, 3.63) is 115 Å². The molecule has 288 valence electrons. The molecule has 0 saturated carbocycles. The Balaban J connectivity index is -0.00000169. The van der Waals surface area contributed by atoms with E-state index in [0.29, 0.717) is 50.9 Å². The Bertz CT molecular complexity index is 1540. The van der Waals surface area contributed by atoms with Gasteiger partial charge in [0.25, 0.3) is 0 Å². The van der Waals surface area contributed by atoms with Crippen LogP contribution in [0.15, 0.2) is 48.5 Å². The van der Waals surface area contributed by atoms with Crippen LogP contribution in [-0.2, 0) is 90.8 Å². The van der Waals surface area contributed by atoms with Crippen molar-refractivity contribution in [2.24, 2.45) is 0 Å². The van der Waals surface area contributed by atoms with Crippen LogP contribution in [0.4, 0.5) is 0 Å². The predicted molar refractivity (Wildman–Crippen MR) is 216 cm³/mol. The van der Waals surface area contributed by atoms with Crippen molar-refractivity contribution in [2.75, 3.05) is 0 Å². The first kappa shape index (κ1) is 47.5. The topological polar surface area (TPSA) is 86.6 Å². The van der Waals surface area contributed by atoms with Crippen LogP contribution in [-0.4, -0.2) is 10.2 Å². The minimum absolute atomic E-state index is 0. The molecule has 0 aromatic heterocycles. The summed E-state index contributed by atoms with van der Waals surface area (Å²) in [5, 5.41) is 52.4. The van der Waals surface area contributed by atoms with Gasteiger partial charge in [-0.3, -0.25) is 0 Å². The monoisotopic (exact) mass is 782 g/mol.